The van der Waals surface area contributed by atoms with Crippen molar-refractivity contribution in [3.63, 3.8) is 0 Å². The molecule has 0 bridgehead atoms. The zero-order chi connectivity index (χ0) is 13.7. The molecule has 1 saturated heterocycles. The molecule has 0 unspecified atom stereocenters. The van der Waals surface area contributed by atoms with Crippen LogP contribution < -0.4 is 11.1 Å². The second-order valence-electron chi connectivity index (χ2n) is 5.36. The summed E-state index contributed by atoms with van der Waals surface area (Å²) >= 11 is 0. The number of hydrogen-bond acceptors (Lipinski definition) is 3. The molecule has 1 aromatic carbocycles. The Kier molecular flexibility index (Phi) is 5.00. The van der Waals surface area contributed by atoms with Crippen molar-refractivity contribution in [3.05, 3.63) is 47.7 Å². The van der Waals surface area contributed by atoms with Crippen LogP contribution in [0, 0.1) is 0 Å². The molecule has 0 radical (unpaired) electrons. The lowest BCUT2D eigenvalue weighted by Gasteiger charge is -2.36. The van der Waals surface area contributed by atoms with E-state index in [0.29, 0.717) is 12.6 Å². The van der Waals surface area contributed by atoms with Gasteiger partial charge in [0.2, 0.25) is 0 Å². The molecule has 0 atom stereocenters. The highest BCUT2D eigenvalue weighted by Gasteiger charge is 2.20. The van der Waals surface area contributed by atoms with Gasteiger partial charge in [0.05, 0.1) is 0 Å². The molecule has 3 heteroatoms. The fraction of sp³-hybridized carbons (Fsp3) is 0.500. The molecule has 3 nitrogen and oxygen atoms in total. The van der Waals surface area contributed by atoms with Crippen molar-refractivity contribution in [3.8, 4) is 0 Å². The van der Waals surface area contributed by atoms with Crippen LogP contribution in [0.3, 0.4) is 0 Å². The molecule has 1 fully saturated rings. The summed E-state index contributed by atoms with van der Waals surface area (Å²) in [6, 6.07) is 9.22. The van der Waals surface area contributed by atoms with Gasteiger partial charge in [-0.1, -0.05) is 30.8 Å². The van der Waals surface area contributed by atoms with Crippen LogP contribution in [0.4, 0.5) is 0 Å². The molecular weight excluding hydrogens is 234 g/mol. The Morgan fingerprint density at radius 2 is 1.84 bits per heavy atom. The maximum atomic E-state index is 5.63. The molecule has 1 aromatic rings. The van der Waals surface area contributed by atoms with E-state index in [2.05, 4.69) is 48.0 Å². The van der Waals surface area contributed by atoms with Gasteiger partial charge in [-0.05, 0) is 44.0 Å². The number of nitrogens with zero attached hydrogens (tertiary/aromatic N) is 1. The third-order valence-electron chi connectivity index (χ3n) is 3.85. The molecule has 1 aliphatic rings. The van der Waals surface area contributed by atoms with Crippen LogP contribution in [0.1, 0.15) is 30.9 Å². The zero-order valence-corrected chi connectivity index (χ0v) is 11.9. The number of rotatable bonds is 5. The summed E-state index contributed by atoms with van der Waals surface area (Å²) in [6.45, 7) is 10.0. The normalized spacial score (nSPS) is 16.3. The van der Waals surface area contributed by atoms with Crippen molar-refractivity contribution in [2.45, 2.75) is 38.9 Å². The predicted molar refractivity (Wildman–Crippen MR) is 80.6 cm³/mol. The summed E-state index contributed by atoms with van der Waals surface area (Å²) < 4.78 is 0. The maximum Gasteiger partial charge on any atom is 0.0429 e. The first-order chi connectivity index (χ1) is 9.20. The molecule has 1 heterocycles. The van der Waals surface area contributed by atoms with Crippen molar-refractivity contribution in [2.24, 2.45) is 5.73 Å². The predicted octanol–water partition coefficient (Wildman–Crippen LogP) is 2.23. The quantitative estimate of drug-likeness (QED) is 0.852. The van der Waals surface area contributed by atoms with Crippen LogP contribution in [0.25, 0.3) is 0 Å². The number of piperidine rings is 1. The van der Waals surface area contributed by atoms with E-state index in [0.717, 1.165) is 25.3 Å². The third kappa shape index (κ3) is 3.82. The van der Waals surface area contributed by atoms with E-state index < -0.39 is 0 Å². The Hall–Kier alpha value is -1.32. The SMILES string of the molecule is C=C(C)N(Cc1ccc(CN)cc1)C1CCNCC1. The van der Waals surface area contributed by atoms with E-state index in [1.165, 1.54) is 24.0 Å². The Balaban J connectivity index is 2.04. The smallest absolute Gasteiger partial charge is 0.0429 e. The van der Waals surface area contributed by atoms with Gasteiger partial charge in [0.1, 0.15) is 0 Å². The minimum Gasteiger partial charge on any atom is -0.368 e. The van der Waals surface area contributed by atoms with Crippen molar-refractivity contribution >= 4 is 0 Å². The highest BCUT2D eigenvalue weighted by atomic mass is 15.2. The van der Waals surface area contributed by atoms with Gasteiger partial charge >= 0.3 is 0 Å². The van der Waals surface area contributed by atoms with Crippen LogP contribution in [-0.2, 0) is 13.1 Å². The van der Waals surface area contributed by atoms with Crippen molar-refractivity contribution < 1.29 is 0 Å². The Morgan fingerprint density at radius 1 is 1.26 bits per heavy atom. The molecule has 19 heavy (non-hydrogen) atoms. The van der Waals surface area contributed by atoms with Crippen molar-refractivity contribution in [2.75, 3.05) is 13.1 Å². The lowest BCUT2D eigenvalue weighted by atomic mass is 10.0. The van der Waals surface area contributed by atoms with Gasteiger partial charge in [-0.2, -0.15) is 0 Å². The monoisotopic (exact) mass is 259 g/mol. The van der Waals surface area contributed by atoms with Crippen molar-refractivity contribution in [1.82, 2.24) is 10.2 Å². The van der Waals surface area contributed by atoms with E-state index in [-0.39, 0.29) is 0 Å². The zero-order valence-electron chi connectivity index (χ0n) is 11.9. The number of nitrogens with one attached hydrogen (secondary N) is 1. The van der Waals surface area contributed by atoms with Gasteiger partial charge in [-0.15, -0.1) is 0 Å². The highest BCUT2D eigenvalue weighted by molar-refractivity contribution is 5.23. The van der Waals surface area contributed by atoms with E-state index >= 15 is 0 Å². The van der Waals surface area contributed by atoms with Crippen LogP contribution >= 0.6 is 0 Å². The third-order valence-corrected chi connectivity index (χ3v) is 3.85. The highest BCUT2D eigenvalue weighted by Crippen LogP contribution is 2.20. The Bertz CT molecular complexity index is 405. The van der Waals surface area contributed by atoms with Crippen LogP contribution in [0.2, 0.25) is 0 Å². The van der Waals surface area contributed by atoms with Gasteiger partial charge in [0.25, 0.3) is 0 Å². The van der Waals surface area contributed by atoms with Gasteiger partial charge in [-0.3, -0.25) is 0 Å². The molecule has 0 aromatic heterocycles. The van der Waals surface area contributed by atoms with Crippen LogP contribution in [0.5, 0.6) is 0 Å². The van der Waals surface area contributed by atoms with Gasteiger partial charge in [0, 0.05) is 24.8 Å². The average Bonchev–Trinajstić information content (AvgIpc) is 2.46. The summed E-state index contributed by atoms with van der Waals surface area (Å²) in [5.41, 5.74) is 9.32. The lowest BCUT2D eigenvalue weighted by Crippen LogP contribution is -2.41. The first kappa shape index (κ1) is 14.1. The number of nitrogens with two attached hydrogens (primary N) is 1. The van der Waals surface area contributed by atoms with Crippen LogP contribution in [-0.4, -0.2) is 24.0 Å². The fourth-order valence-electron chi connectivity index (χ4n) is 2.67. The average molecular weight is 259 g/mol. The number of benzene rings is 1. The molecule has 2 rings (SSSR count). The first-order valence-corrected chi connectivity index (χ1v) is 7.11. The summed E-state index contributed by atoms with van der Waals surface area (Å²) in [4.78, 5) is 2.44. The van der Waals surface area contributed by atoms with E-state index in [4.69, 9.17) is 5.73 Å². The molecule has 0 spiro atoms. The van der Waals surface area contributed by atoms with Crippen LogP contribution in [0.15, 0.2) is 36.5 Å². The fourth-order valence-corrected chi connectivity index (χ4v) is 2.67. The van der Waals surface area contributed by atoms with Gasteiger partial charge < -0.3 is 16.0 Å². The van der Waals surface area contributed by atoms with Crippen molar-refractivity contribution in [1.29, 1.82) is 0 Å². The second kappa shape index (κ2) is 6.73. The molecule has 1 aliphatic heterocycles. The summed E-state index contributed by atoms with van der Waals surface area (Å²) in [5, 5.41) is 3.42. The maximum absolute atomic E-state index is 5.63. The largest absolute Gasteiger partial charge is 0.368 e. The summed E-state index contributed by atoms with van der Waals surface area (Å²) in [7, 11) is 0. The summed E-state index contributed by atoms with van der Waals surface area (Å²) in [5.74, 6) is 0. The van der Waals surface area contributed by atoms with E-state index in [1.54, 1.807) is 0 Å². The standard InChI is InChI=1S/C16H25N3/c1-13(2)19(16-7-9-18-10-8-16)12-15-5-3-14(11-17)4-6-15/h3-6,16,18H,1,7-12,17H2,2H3. The van der Waals surface area contributed by atoms with E-state index in [1.807, 2.05) is 0 Å². The Morgan fingerprint density at radius 3 is 2.37 bits per heavy atom. The molecule has 0 saturated carbocycles. The van der Waals surface area contributed by atoms with Gasteiger partial charge in [0.15, 0.2) is 0 Å². The topological polar surface area (TPSA) is 41.3 Å². The number of hydrogen-bond donors (Lipinski definition) is 2. The minimum absolute atomic E-state index is 0.610. The van der Waals surface area contributed by atoms with Gasteiger partial charge in [-0.25, -0.2) is 0 Å². The summed E-state index contributed by atoms with van der Waals surface area (Å²) in [6.07, 6.45) is 2.40. The molecular formula is C16H25N3. The lowest BCUT2D eigenvalue weighted by molar-refractivity contribution is 0.201. The molecule has 0 aliphatic carbocycles. The molecule has 104 valence electrons. The second-order valence-corrected chi connectivity index (χ2v) is 5.36. The van der Waals surface area contributed by atoms with E-state index in [9.17, 15) is 0 Å². The first-order valence-electron chi connectivity index (χ1n) is 7.11. The number of allylic oxidation sites excluding steroid dienone is 1. The molecule has 3 N–H and O–H groups in total. The molecule has 0 amide bonds. The Labute approximate surface area is 116 Å². The minimum atomic E-state index is 0.610.